The molecule has 0 spiro atoms. The normalized spacial score (nSPS) is 10.4. The number of nitrogens with two attached hydrogens (primary N) is 1. The highest BCUT2D eigenvalue weighted by atomic mass is 15.3. The Balaban J connectivity index is 2.63. The second-order valence-electron chi connectivity index (χ2n) is 4.33. The first-order valence-corrected chi connectivity index (χ1v) is 6.07. The lowest BCUT2D eigenvalue weighted by atomic mass is 10.0. The first-order chi connectivity index (χ1) is 8.65. The van der Waals surface area contributed by atoms with Crippen molar-refractivity contribution in [1.29, 1.82) is 0 Å². The van der Waals surface area contributed by atoms with Crippen molar-refractivity contribution in [3.05, 3.63) is 41.1 Å². The molecule has 2 aromatic rings. The summed E-state index contributed by atoms with van der Waals surface area (Å²) in [7, 11) is 0. The SMILES string of the molecule is CCc1cc(NN)nc(-c2c(C)cccc2C)n1. The molecule has 2 rings (SSSR count). The lowest BCUT2D eigenvalue weighted by Crippen LogP contribution is -2.11. The van der Waals surface area contributed by atoms with Crippen molar-refractivity contribution in [3.63, 3.8) is 0 Å². The summed E-state index contributed by atoms with van der Waals surface area (Å²) < 4.78 is 0. The number of aromatic nitrogens is 2. The first kappa shape index (κ1) is 12.5. The Labute approximate surface area is 107 Å². The summed E-state index contributed by atoms with van der Waals surface area (Å²) in [5.41, 5.74) is 7.01. The minimum absolute atomic E-state index is 0.652. The molecule has 4 heteroatoms. The van der Waals surface area contributed by atoms with Gasteiger partial charge in [0.05, 0.1) is 0 Å². The fourth-order valence-corrected chi connectivity index (χ4v) is 2.03. The summed E-state index contributed by atoms with van der Waals surface area (Å²) in [6.45, 7) is 6.21. The van der Waals surface area contributed by atoms with E-state index in [2.05, 4.69) is 48.3 Å². The summed E-state index contributed by atoms with van der Waals surface area (Å²) in [4.78, 5) is 9.03. The van der Waals surface area contributed by atoms with E-state index in [-0.39, 0.29) is 0 Å². The topological polar surface area (TPSA) is 63.8 Å². The number of nitrogens with one attached hydrogen (secondary N) is 1. The van der Waals surface area contributed by atoms with Gasteiger partial charge in [0.15, 0.2) is 5.82 Å². The molecule has 0 aliphatic rings. The van der Waals surface area contributed by atoms with Crippen LogP contribution in [0.2, 0.25) is 0 Å². The smallest absolute Gasteiger partial charge is 0.162 e. The number of benzene rings is 1. The summed E-state index contributed by atoms with van der Waals surface area (Å²) in [5.74, 6) is 6.84. The van der Waals surface area contributed by atoms with Gasteiger partial charge in [-0.05, 0) is 31.4 Å². The highest BCUT2D eigenvalue weighted by molar-refractivity contribution is 5.65. The summed E-state index contributed by atoms with van der Waals surface area (Å²) >= 11 is 0. The lowest BCUT2D eigenvalue weighted by Gasteiger charge is -2.11. The third-order valence-corrected chi connectivity index (χ3v) is 2.99. The van der Waals surface area contributed by atoms with Crippen LogP contribution < -0.4 is 11.3 Å². The molecule has 0 aliphatic carbocycles. The molecule has 1 aromatic carbocycles. The number of aryl methyl sites for hydroxylation is 3. The second kappa shape index (κ2) is 5.14. The van der Waals surface area contributed by atoms with Crippen LogP contribution in [0.5, 0.6) is 0 Å². The molecule has 0 saturated heterocycles. The van der Waals surface area contributed by atoms with Crippen molar-refractivity contribution in [2.45, 2.75) is 27.2 Å². The standard InChI is InChI=1S/C14H18N4/c1-4-11-8-12(18-15)17-14(16-11)13-9(2)6-5-7-10(13)3/h5-8H,4,15H2,1-3H3,(H,16,17,18). The molecular formula is C14H18N4. The average molecular weight is 242 g/mol. The Morgan fingerprint density at radius 3 is 2.39 bits per heavy atom. The quantitative estimate of drug-likeness (QED) is 0.641. The van der Waals surface area contributed by atoms with Crippen LogP contribution in [0.25, 0.3) is 11.4 Å². The molecule has 1 heterocycles. The Morgan fingerprint density at radius 1 is 1.17 bits per heavy atom. The van der Waals surface area contributed by atoms with Crippen molar-refractivity contribution in [1.82, 2.24) is 9.97 Å². The van der Waals surface area contributed by atoms with Gasteiger partial charge in [-0.2, -0.15) is 0 Å². The molecule has 0 unspecified atom stereocenters. The van der Waals surface area contributed by atoms with E-state index in [1.807, 2.05) is 12.1 Å². The van der Waals surface area contributed by atoms with E-state index in [9.17, 15) is 0 Å². The molecule has 4 nitrogen and oxygen atoms in total. The van der Waals surface area contributed by atoms with E-state index in [1.165, 1.54) is 11.1 Å². The Bertz CT molecular complexity index is 521. The average Bonchev–Trinajstić information content (AvgIpc) is 2.38. The van der Waals surface area contributed by atoms with Gasteiger partial charge in [0.1, 0.15) is 5.82 Å². The van der Waals surface area contributed by atoms with E-state index in [1.54, 1.807) is 0 Å². The van der Waals surface area contributed by atoms with Crippen LogP contribution in [0.1, 0.15) is 23.7 Å². The molecule has 0 fully saturated rings. The maximum Gasteiger partial charge on any atom is 0.162 e. The van der Waals surface area contributed by atoms with Crippen LogP contribution in [0, 0.1) is 13.8 Å². The van der Waals surface area contributed by atoms with Crippen LogP contribution >= 0.6 is 0 Å². The lowest BCUT2D eigenvalue weighted by molar-refractivity contribution is 0.998. The third-order valence-electron chi connectivity index (χ3n) is 2.99. The number of anilines is 1. The van der Waals surface area contributed by atoms with Crippen molar-refractivity contribution in [3.8, 4) is 11.4 Å². The molecule has 0 radical (unpaired) electrons. The van der Waals surface area contributed by atoms with E-state index < -0.39 is 0 Å². The maximum absolute atomic E-state index is 5.46. The zero-order chi connectivity index (χ0) is 13.1. The van der Waals surface area contributed by atoms with Gasteiger partial charge in [0.25, 0.3) is 0 Å². The molecule has 1 aromatic heterocycles. The predicted molar refractivity (Wildman–Crippen MR) is 74.1 cm³/mol. The molecule has 18 heavy (non-hydrogen) atoms. The van der Waals surface area contributed by atoms with Crippen LogP contribution in [0.3, 0.4) is 0 Å². The molecule has 0 saturated carbocycles. The number of hydrogen-bond acceptors (Lipinski definition) is 4. The number of hydrazine groups is 1. The summed E-state index contributed by atoms with van der Waals surface area (Å²) in [5, 5.41) is 0. The number of nitrogen functional groups attached to an aromatic ring is 1. The summed E-state index contributed by atoms with van der Waals surface area (Å²) in [6, 6.07) is 8.05. The number of rotatable bonds is 3. The van der Waals surface area contributed by atoms with Crippen molar-refractivity contribution in [2.24, 2.45) is 5.84 Å². The van der Waals surface area contributed by atoms with E-state index in [0.29, 0.717) is 5.82 Å². The summed E-state index contributed by atoms with van der Waals surface area (Å²) in [6.07, 6.45) is 0.856. The largest absolute Gasteiger partial charge is 0.308 e. The molecule has 0 atom stereocenters. The monoisotopic (exact) mass is 242 g/mol. The molecule has 0 aliphatic heterocycles. The molecule has 0 bridgehead atoms. The predicted octanol–water partition coefficient (Wildman–Crippen LogP) is 2.61. The van der Waals surface area contributed by atoms with Crippen molar-refractivity contribution >= 4 is 5.82 Å². The van der Waals surface area contributed by atoms with Gasteiger partial charge in [-0.15, -0.1) is 0 Å². The maximum atomic E-state index is 5.46. The minimum atomic E-state index is 0.652. The van der Waals surface area contributed by atoms with Crippen LogP contribution in [0.4, 0.5) is 5.82 Å². The Morgan fingerprint density at radius 2 is 1.83 bits per heavy atom. The molecular weight excluding hydrogens is 224 g/mol. The van der Waals surface area contributed by atoms with E-state index in [4.69, 9.17) is 5.84 Å². The Hall–Kier alpha value is -1.94. The van der Waals surface area contributed by atoms with Gasteiger partial charge in [0, 0.05) is 17.3 Å². The second-order valence-corrected chi connectivity index (χ2v) is 4.33. The zero-order valence-electron chi connectivity index (χ0n) is 11.0. The molecule has 3 N–H and O–H groups in total. The first-order valence-electron chi connectivity index (χ1n) is 6.07. The fourth-order valence-electron chi connectivity index (χ4n) is 2.03. The highest BCUT2D eigenvalue weighted by Crippen LogP contribution is 2.25. The fraction of sp³-hybridized carbons (Fsp3) is 0.286. The van der Waals surface area contributed by atoms with Crippen molar-refractivity contribution < 1.29 is 0 Å². The van der Waals surface area contributed by atoms with Crippen LogP contribution in [-0.2, 0) is 6.42 Å². The van der Waals surface area contributed by atoms with Gasteiger partial charge < -0.3 is 5.43 Å². The highest BCUT2D eigenvalue weighted by Gasteiger charge is 2.10. The Kier molecular flexibility index (Phi) is 3.58. The minimum Gasteiger partial charge on any atom is -0.308 e. The molecule has 0 amide bonds. The zero-order valence-corrected chi connectivity index (χ0v) is 11.0. The number of nitrogens with zero attached hydrogens (tertiary/aromatic N) is 2. The van der Waals surface area contributed by atoms with Gasteiger partial charge in [-0.1, -0.05) is 25.1 Å². The van der Waals surface area contributed by atoms with Gasteiger partial charge in [-0.3, -0.25) is 0 Å². The van der Waals surface area contributed by atoms with E-state index in [0.717, 1.165) is 23.5 Å². The number of hydrogen-bond donors (Lipinski definition) is 2. The van der Waals surface area contributed by atoms with Gasteiger partial charge in [0.2, 0.25) is 0 Å². The van der Waals surface area contributed by atoms with Crippen LogP contribution in [0.15, 0.2) is 24.3 Å². The van der Waals surface area contributed by atoms with Crippen LogP contribution in [-0.4, -0.2) is 9.97 Å². The van der Waals surface area contributed by atoms with Gasteiger partial charge >= 0.3 is 0 Å². The third kappa shape index (κ3) is 2.33. The molecule has 94 valence electrons. The van der Waals surface area contributed by atoms with E-state index >= 15 is 0 Å². The van der Waals surface area contributed by atoms with Gasteiger partial charge in [-0.25, -0.2) is 15.8 Å². The van der Waals surface area contributed by atoms with Crippen molar-refractivity contribution in [2.75, 3.05) is 5.43 Å².